The van der Waals surface area contributed by atoms with Gasteiger partial charge in [-0.25, -0.2) is 4.79 Å². The molecule has 12 heavy (non-hydrogen) atoms. The van der Waals surface area contributed by atoms with E-state index in [-0.39, 0.29) is 12.1 Å². The number of fused-ring (bicyclic) bond motifs is 1. The lowest BCUT2D eigenvalue weighted by molar-refractivity contribution is 0.0421. The minimum atomic E-state index is -0.232. The molecule has 1 atom stereocenters. The number of carbonyl (C=O) groups is 1. The van der Waals surface area contributed by atoms with E-state index < -0.39 is 0 Å². The molecule has 1 aromatic rings. The van der Waals surface area contributed by atoms with Crippen LogP contribution in [-0.4, -0.2) is 5.97 Å². The summed E-state index contributed by atoms with van der Waals surface area (Å²) in [7, 11) is 0. The third-order valence-electron chi connectivity index (χ3n) is 1.97. The molecule has 0 aliphatic carbocycles. The van der Waals surface area contributed by atoms with Gasteiger partial charge in [0.2, 0.25) is 0 Å². The summed E-state index contributed by atoms with van der Waals surface area (Å²) in [5.41, 5.74) is 1.64. The van der Waals surface area contributed by atoms with Gasteiger partial charge in [0, 0.05) is 10.0 Å². The predicted molar refractivity (Wildman–Crippen MR) is 48.0 cm³/mol. The van der Waals surface area contributed by atoms with Gasteiger partial charge in [0.1, 0.15) is 6.10 Å². The van der Waals surface area contributed by atoms with E-state index in [2.05, 4.69) is 15.9 Å². The van der Waals surface area contributed by atoms with Crippen molar-refractivity contribution in [3.8, 4) is 0 Å². The molecule has 0 aromatic heterocycles. The molecule has 0 N–H and O–H groups in total. The molecule has 0 fully saturated rings. The lowest BCUT2D eigenvalue weighted by atomic mass is 10.1. The summed E-state index contributed by atoms with van der Waals surface area (Å²) in [6.07, 6.45) is -0.106. The van der Waals surface area contributed by atoms with Crippen molar-refractivity contribution in [1.29, 1.82) is 0 Å². The van der Waals surface area contributed by atoms with Crippen LogP contribution in [0.3, 0.4) is 0 Å². The summed E-state index contributed by atoms with van der Waals surface area (Å²) in [5.74, 6) is -0.232. The second kappa shape index (κ2) is 2.59. The highest BCUT2D eigenvalue weighted by Gasteiger charge is 2.29. The summed E-state index contributed by atoms with van der Waals surface area (Å²) in [6, 6.07) is 5.66. The SMILES string of the molecule is CC1OC(=O)c2c(Br)cccc21. The minimum Gasteiger partial charge on any atom is -0.454 e. The van der Waals surface area contributed by atoms with Crippen molar-refractivity contribution >= 4 is 21.9 Å². The van der Waals surface area contributed by atoms with Crippen LogP contribution in [0.4, 0.5) is 0 Å². The fourth-order valence-corrected chi connectivity index (χ4v) is 1.92. The van der Waals surface area contributed by atoms with E-state index >= 15 is 0 Å². The zero-order chi connectivity index (χ0) is 8.72. The Kier molecular flexibility index (Phi) is 1.68. The number of cyclic esters (lactones) is 1. The van der Waals surface area contributed by atoms with Crippen molar-refractivity contribution in [2.45, 2.75) is 13.0 Å². The van der Waals surface area contributed by atoms with E-state index in [1.807, 2.05) is 25.1 Å². The van der Waals surface area contributed by atoms with Gasteiger partial charge in [0.15, 0.2) is 0 Å². The predicted octanol–water partition coefficient (Wildman–Crippen LogP) is 2.68. The van der Waals surface area contributed by atoms with Gasteiger partial charge in [-0.2, -0.15) is 0 Å². The van der Waals surface area contributed by atoms with E-state index in [1.165, 1.54) is 0 Å². The van der Waals surface area contributed by atoms with Gasteiger partial charge in [0.05, 0.1) is 5.56 Å². The molecule has 0 amide bonds. The van der Waals surface area contributed by atoms with Crippen LogP contribution in [0.15, 0.2) is 22.7 Å². The molecule has 0 radical (unpaired) electrons. The Bertz CT molecular complexity index is 346. The Morgan fingerprint density at radius 3 is 2.92 bits per heavy atom. The van der Waals surface area contributed by atoms with Gasteiger partial charge < -0.3 is 4.74 Å². The molecule has 0 spiro atoms. The van der Waals surface area contributed by atoms with Crippen molar-refractivity contribution in [2.75, 3.05) is 0 Å². The van der Waals surface area contributed by atoms with Gasteiger partial charge in [-0.1, -0.05) is 12.1 Å². The number of rotatable bonds is 0. The molecule has 62 valence electrons. The van der Waals surface area contributed by atoms with Gasteiger partial charge in [0.25, 0.3) is 0 Å². The zero-order valence-electron chi connectivity index (χ0n) is 6.50. The van der Waals surface area contributed by atoms with Crippen LogP contribution in [0.25, 0.3) is 0 Å². The fraction of sp³-hybridized carbons (Fsp3) is 0.222. The monoisotopic (exact) mass is 226 g/mol. The van der Waals surface area contributed by atoms with Crippen molar-refractivity contribution in [3.05, 3.63) is 33.8 Å². The Hall–Kier alpha value is -0.830. The molecular formula is C9H7BrO2. The zero-order valence-corrected chi connectivity index (χ0v) is 8.09. The van der Waals surface area contributed by atoms with Gasteiger partial charge in [-0.3, -0.25) is 0 Å². The number of carbonyl (C=O) groups excluding carboxylic acids is 1. The first kappa shape index (κ1) is 7.80. The highest BCUT2D eigenvalue weighted by Crippen LogP contribution is 2.34. The average molecular weight is 227 g/mol. The molecule has 1 heterocycles. The Balaban J connectivity index is 2.67. The molecule has 1 aliphatic rings. The summed E-state index contributed by atoms with van der Waals surface area (Å²) in [4.78, 5) is 11.2. The first-order valence-corrected chi connectivity index (χ1v) is 4.49. The molecule has 1 unspecified atom stereocenters. The van der Waals surface area contributed by atoms with E-state index in [9.17, 15) is 4.79 Å². The summed E-state index contributed by atoms with van der Waals surface area (Å²) >= 11 is 3.31. The number of ether oxygens (including phenoxy) is 1. The third-order valence-corrected chi connectivity index (χ3v) is 2.63. The van der Waals surface area contributed by atoms with Gasteiger partial charge >= 0.3 is 5.97 Å². The number of hydrogen-bond donors (Lipinski definition) is 0. The van der Waals surface area contributed by atoms with Crippen molar-refractivity contribution in [1.82, 2.24) is 0 Å². The van der Waals surface area contributed by atoms with Crippen LogP contribution < -0.4 is 0 Å². The van der Waals surface area contributed by atoms with Crippen LogP contribution in [0, 0.1) is 0 Å². The Labute approximate surface area is 78.7 Å². The molecule has 2 rings (SSSR count). The molecule has 0 saturated heterocycles. The average Bonchev–Trinajstić information content (AvgIpc) is 2.29. The summed E-state index contributed by atoms with van der Waals surface area (Å²) in [5, 5.41) is 0. The first-order valence-electron chi connectivity index (χ1n) is 3.69. The van der Waals surface area contributed by atoms with Gasteiger partial charge in [-0.05, 0) is 28.9 Å². The molecule has 0 saturated carbocycles. The highest BCUT2D eigenvalue weighted by molar-refractivity contribution is 9.10. The highest BCUT2D eigenvalue weighted by atomic mass is 79.9. The van der Waals surface area contributed by atoms with Crippen molar-refractivity contribution < 1.29 is 9.53 Å². The second-order valence-corrected chi connectivity index (χ2v) is 3.61. The van der Waals surface area contributed by atoms with E-state index in [0.29, 0.717) is 5.56 Å². The standard InChI is InChI=1S/C9H7BrO2/c1-5-6-3-2-4-7(10)8(6)9(11)12-5/h2-5H,1H3. The maximum Gasteiger partial charge on any atom is 0.340 e. The maximum absolute atomic E-state index is 11.2. The molecule has 1 aromatic carbocycles. The Morgan fingerprint density at radius 1 is 1.50 bits per heavy atom. The van der Waals surface area contributed by atoms with Crippen molar-refractivity contribution in [3.63, 3.8) is 0 Å². The maximum atomic E-state index is 11.2. The lowest BCUT2D eigenvalue weighted by Gasteiger charge is -2.00. The second-order valence-electron chi connectivity index (χ2n) is 2.75. The molecule has 0 bridgehead atoms. The molecular weight excluding hydrogens is 220 g/mol. The van der Waals surface area contributed by atoms with Crippen LogP contribution in [0.1, 0.15) is 28.9 Å². The van der Waals surface area contributed by atoms with E-state index in [0.717, 1.165) is 10.0 Å². The van der Waals surface area contributed by atoms with Crippen LogP contribution in [-0.2, 0) is 4.74 Å². The number of benzene rings is 1. The molecule has 3 heteroatoms. The Morgan fingerprint density at radius 2 is 2.25 bits per heavy atom. The van der Waals surface area contributed by atoms with Gasteiger partial charge in [-0.15, -0.1) is 0 Å². The lowest BCUT2D eigenvalue weighted by Crippen LogP contribution is -1.95. The topological polar surface area (TPSA) is 26.3 Å². The summed E-state index contributed by atoms with van der Waals surface area (Å²) in [6.45, 7) is 1.87. The molecule has 1 aliphatic heterocycles. The van der Waals surface area contributed by atoms with Crippen LogP contribution >= 0.6 is 15.9 Å². The normalized spacial score (nSPS) is 20.5. The number of hydrogen-bond acceptors (Lipinski definition) is 2. The first-order chi connectivity index (χ1) is 5.70. The van der Waals surface area contributed by atoms with E-state index in [4.69, 9.17) is 4.74 Å². The van der Waals surface area contributed by atoms with E-state index in [1.54, 1.807) is 0 Å². The number of halogens is 1. The van der Waals surface area contributed by atoms with Crippen molar-refractivity contribution in [2.24, 2.45) is 0 Å². The largest absolute Gasteiger partial charge is 0.454 e. The third kappa shape index (κ3) is 0.966. The van der Waals surface area contributed by atoms with Crippen LogP contribution in [0.5, 0.6) is 0 Å². The quantitative estimate of drug-likeness (QED) is 0.637. The summed E-state index contributed by atoms with van der Waals surface area (Å²) < 4.78 is 5.86. The fourth-order valence-electron chi connectivity index (χ4n) is 1.38. The minimum absolute atomic E-state index is 0.106. The molecule has 2 nitrogen and oxygen atoms in total. The smallest absolute Gasteiger partial charge is 0.340 e. The van der Waals surface area contributed by atoms with Crippen LogP contribution in [0.2, 0.25) is 0 Å². The number of esters is 1.